The van der Waals surface area contributed by atoms with Crippen LogP contribution in [0.25, 0.3) is 0 Å². The van der Waals surface area contributed by atoms with Crippen LogP contribution in [0.5, 0.6) is 5.75 Å². The van der Waals surface area contributed by atoms with Crippen molar-refractivity contribution in [2.45, 2.75) is 58.2 Å². The monoisotopic (exact) mass is 324 g/mol. The lowest BCUT2D eigenvalue weighted by Crippen LogP contribution is -2.25. The molecule has 0 aromatic heterocycles. The van der Waals surface area contributed by atoms with Gasteiger partial charge in [0.15, 0.2) is 0 Å². The first-order valence-corrected chi connectivity index (χ1v) is 9.11. The molecule has 24 heavy (non-hydrogen) atoms. The van der Waals surface area contributed by atoms with Gasteiger partial charge in [0.2, 0.25) is 0 Å². The maximum atomic E-state index is 11.1. The van der Waals surface area contributed by atoms with Crippen molar-refractivity contribution in [1.82, 2.24) is 0 Å². The number of aliphatic hydroxyl groups is 1. The van der Waals surface area contributed by atoms with Crippen LogP contribution >= 0.6 is 0 Å². The van der Waals surface area contributed by atoms with E-state index in [9.17, 15) is 5.11 Å². The third kappa shape index (κ3) is 4.18. The fraction of sp³-hybridized carbons (Fsp3) is 0.455. The predicted molar refractivity (Wildman–Crippen MR) is 98.1 cm³/mol. The first kappa shape index (κ1) is 17.0. The molecule has 1 N–H and O–H groups in total. The molecule has 2 nitrogen and oxygen atoms in total. The average Bonchev–Trinajstić information content (AvgIpc) is 3.44. The fourth-order valence-corrected chi connectivity index (χ4v) is 3.21. The van der Waals surface area contributed by atoms with Gasteiger partial charge < -0.3 is 9.84 Å². The van der Waals surface area contributed by atoms with Crippen LogP contribution in [0.15, 0.2) is 48.5 Å². The molecule has 1 atom stereocenters. The van der Waals surface area contributed by atoms with E-state index in [0.717, 1.165) is 47.6 Å². The smallest absolute Gasteiger partial charge is 0.122 e. The number of hydrogen-bond acceptors (Lipinski definition) is 2. The Morgan fingerprint density at radius 2 is 1.88 bits per heavy atom. The quantitative estimate of drug-likeness (QED) is 0.708. The molecule has 0 radical (unpaired) electrons. The van der Waals surface area contributed by atoms with E-state index >= 15 is 0 Å². The first-order chi connectivity index (χ1) is 11.6. The van der Waals surface area contributed by atoms with E-state index in [-0.39, 0.29) is 0 Å². The lowest BCUT2D eigenvalue weighted by atomic mass is 9.85. The van der Waals surface area contributed by atoms with Gasteiger partial charge in [-0.1, -0.05) is 56.2 Å². The molecule has 0 spiro atoms. The van der Waals surface area contributed by atoms with Crippen molar-refractivity contribution in [3.05, 3.63) is 65.2 Å². The molecule has 1 aliphatic rings. The van der Waals surface area contributed by atoms with Crippen molar-refractivity contribution < 1.29 is 9.84 Å². The maximum absolute atomic E-state index is 11.1. The minimum Gasteiger partial charge on any atom is -0.489 e. The molecule has 2 aromatic carbocycles. The van der Waals surface area contributed by atoms with Crippen molar-refractivity contribution >= 4 is 0 Å². The molecule has 0 saturated heterocycles. The molecule has 128 valence electrons. The molecule has 2 aromatic rings. The Morgan fingerprint density at radius 3 is 2.50 bits per heavy atom. The van der Waals surface area contributed by atoms with Crippen molar-refractivity contribution in [3.63, 3.8) is 0 Å². The summed E-state index contributed by atoms with van der Waals surface area (Å²) in [5.74, 6) is 1.74. The van der Waals surface area contributed by atoms with Crippen LogP contribution in [0.4, 0.5) is 0 Å². The summed E-state index contributed by atoms with van der Waals surface area (Å²) in [5, 5.41) is 11.1. The van der Waals surface area contributed by atoms with Gasteiger partial charge in [0.05, 0.1) is 5.60 Å². The van der Waals surface area contributed by atoms with Crippen LogP contribution in [0, 0.1) is 12.8 Å². The minimum absolute atomic E-state index is 0.570. The van der Waals surface area contributed by atoms with E-state index in [4.69, 9.17) is 4.74 Å². The summed E-state index contributed by atoms with van der Waals surface area (Å²) >= 11 is 0. The third-order valence-electron chi connectivity index (χ3n) is 5.20. The molecule has 1 unspecified atom stereocenters. The molecule has 1 aliphatic carbocycles. The summed E-state index contributed by atoms with van der Waals surface area (Å²) in [7, 11) is 0. The van der Waals surface area contributed by atoms with Crippen molar-refractivity contribution in [3.8, 4) is 5.75 Å². The van der Waals surface area contributed by atoms with E-state index in [2.05, 4.69) is 32.0 Å². The Balaban J connectivity index is 1.68. The summed E-state index contributed by atoms with van der Waals surface area (Å²) in [6.07, 6.45) is 5.42. The zero-order valence-electron chi connectivity index (χ0n) is 14.8. The normalized spacial score (nSPS) is 16.6. The number of aryl methyl sites for hydroxylation is 1. The predicted octanol–water partition coefficient (Wildman–Crippen LogP) is 5.36. The largest absolute Gasteiger partial charge is 0.489 e. The Kier molecular flexibility index (Phi) is 5.25. The highest BCUT2D eigenvalue weighted by atomic mass is 16.5. The molecule has 2 heteroatoms. The number of benzene rings is 2. The van der Waals surface area contributed by atoms with Crippen LogP contribution in [0.3, 0.4) is 0 Å². The third-order valence-corrected chi connectivity index (χ3v) is 5.20. The van der Waals surface area contributed by atoms with E-state index in [1.54, 1.807) is 0 Å². The SMILES string of the molecule is CCC(O)(CCC1CC1)c1ccc(OCc2ccccc2)c(C)c1. The lowest BCUT2D eigenvalue weighted by molar-refractivity contribution is 0.0198. The second kappa shape index (κ2) is 7.40. The molecule has 0 heterocycles. The van der Waals surface area contributed by atoms with E-state index in [1.807, 2.05) is 30.3 Å². The standard InChI is InChI=1S/C22H28O2/c1-3-22(23,14-13-18-9-10-18)20-11-12-21(17(2)15-20)24-16-19-7-5-4-6-8-19/h4-8,11-12,15,18,23H,3,9-10,13-14,16H2,1-2H3. The highest BCUT2D eigenvalue weighted by Crippen LogP contribution is 2.40. The summed E-state index contributed by atoms with van der Waals surface area (Å²) in [6, 6.07) is 16.3. The van der Waals surface area contributed by atoms with Gasteiger partial charge in [-0.25, -0.2) is 0 Å². The van der Waals surface area contributed by atoms with E-state index in [0.29, 0.717) is 6.61 Å². The van der Waals surface area contributed by atoms with Crippen LogP contribution in [-0.2, 0) is 12.2 Å². The van der Waals surface area contributed by atoms with Crippen LogP contribution in [0.2, 0.25) is 0 Å². The van der Waals surface area contributed by atoms with Crippen LogP contribution in [0.1, 0.15) is 55.7 Å². The molecule has 0 amide bonds. The summed E-state index contributed by atoms with van der Waals surface area (Å²) < 4.78 is 5.95. The van der Waals surface area contributed by atoms with Crippen molar-refractivity contribution in [2.75, 3.05) is 0 Å². The zero-order chi connectivity index (χ0) is 17.0. The molecular weight excluding hydrogens is 296 g/mol. The van der Waals surface area contributed by atoms with Crippen LogP contribution < -0.4 is 4.74 Å². The maximum Gasteiger partial charge on any atom is 0.122 e. The molecular formula is C22H28O2. The summed E-state index contributed by atoms with van der Waals surface area (Å²) in [4.78, 5) is 0. The van der Waals surface area contributed by atoms with Gasteiger partial charge in [0.1, 0.15) is 12.4 Å². The Morgan fingerprint density at radius 1 is 1.12 bits per heavy atom. The van der Waals surface area contributed by atoms with Gasteiger partial charge in [-0.15, -0.1) is 0 Å². The average molecular weight is 324 g/mol. The molecule has 0 aliphatic heterocycles. The number of ether oxygens (including phenoxy) is 1. The Hall–Kier alpha value is -1.80. The minimum atomic E-state index is -0.703. The fourth-order valence-electron chi connectivity index (χ4n) is 3.21. The highest BCUT2D eigenvalue weighted by Gasteiger charge is 2.31. The van der Waals surface area contributed by atoms with E-state index < -0.39 is 5.60 Å². The highest BCUT2D eigenvalue weighted by molar-refractivity contribution is 5.38. The Labute approximate surface area is 145 Å². The van der Waals surface area contributed by atoms with Gasteiger partial charge >= 0.3 is 0 Å². The Bertz CT molecular complexity index is 661. The van der Waals surface area contributed by atoms with Gasteiger partial charge in [-0.3, -0.25) is 0 Å². The van der Waals surface area contributed by atoms with Gasteiger partial charge in [-0.05, 0) is 60.9 Å². The zero-order valence-corrected chi connectivity index (χ0v) is 14.8. The van der Waals surface area contributed by atoms with Crippen LogP contribution in [-0.4, -0.2) is 5.11 Å². The molecule has 1 saturated carbocycles. The van der Waals surface area contributed by atoms with Gasteiger partial charge in [0, 0.05) is 0 Å². The second-order valence-electron chi connectivity index (χ2n) is 7.12. The summed E-state index contributed by atoms with van der Waals surface area (Å²) in [6.45, 7) is 4.70. The lowest BCUT2D eigenvalue weighted by Gasteiger charge is -2.28. The van der Waals surface area contributed by atoms with E-state index in [1.165, 1.54) is 12.8 Å². The topological polar surface area (TPSA) is 29.5 Å². The van der Waals surface area contributed by atoms with Crippen molar-refractivity contribution in [2.24, 2.45) is 5.92 Å². The van der Waals surface area contributed by atoms with Gasteiger partial charge in [0.25, 0.3) is 0 Å². The second-order valence-corrected chi connectivity index (χ2v) is 7.12. The van der Waals surface area contributed by atoms with Gasteiger partial charge in [-0.2, -0.15) is 0 Å². The number of rotatable bonds is 8. The molecule has 0 bridgehead atoms. The number of hydrogen-bond donors (Lipinski definition) is 1. The molecule has 3 rings (SSSR count). The summed E-state index contributed by atoms with van der Waals surface area (Å²) in [5.41, 5.74) is 2.57. The first-order valence-electron chi connectivity index (χ1n) is 9.11. The molecule has 1 fully saturated rings. The van der Waals surface area contributed by atoms with Crippen molar-refractivity contribution in [1.29, 1.82) is 0 Å².